The lowest BCUT2D eigenvalue weighted by Gasteiger charge is -2.40. The van der Waals surface area contributed by atoms with Gasteiger partial charge in [0.2, 0.25) is 5.91 Å². The maximum Gasteiger partial charge on any atom is 0.220 e. The van der Waals surface area contributed by atoms with Gasteiger partial charge in [-0.2, -0.15) is 0 Å². The lowest BCUT2D eigenvalue weighted by atomic mass is 9.99. The highest BCUT2D eigenvalue weighted by atomic mass is 16.7. The van der Waals surface area contributed by atoms with Crippen molar-refractivity contribution in [1.82, 2.24) is 5.32 Å². The smallest absolute Gasteiger partial charge is 0.220 e. The summed E-state index contributed by atoms with van der Waals surface area (Å²) in [5, 5.41) is 54.6. The Labute approximate surface area is 450 Å². The predicted molar refractivity (Wildman–Crippen MR) is 309 cm³/mol. The maximum atomic E-state index is 13.1. The van der Waals surface area contributed by atoms with Gasteiger partial charge in [-0.15, -0.1) is 0 Å². The van der Waals surface area contributed by atoms with E-state index in [1.54, 1.807) is 6.08 Å². The predicted octanol–water partition coefficient (Wildman–Crippen LogP) is 16.1. The summed E-state index contributed by atoms with van der Waals surface area (Å²) in [6.45, 7) is 3.79. The average molecular weight is 1030 g/mol. The summed E-state index contributed by atoms with van der Waals surface area (Å²) >= 11 is 0. The highest BCUT2D eigenvalue weighted by Crippen LogP contribution is 2.23. The highest BCUT2D eigenvalue weighted by molar-refractivity contribution is 5.76. The van der Waals surface area contributed by atoms with Crippen molar-refractivity contribution in [3.8, 4) is 0 Å². The Morgan fingerprint density at radius 1 is 0.466 bits per heavy atom. The van der Waals surface area contributed by atoms with Crippen molar-refractivity contribution in [3.05, 3.63) is 48.6 Å². The van der Waals surface area contributed by atoms with Crippen LogP contribution in [0.15, 0.2) is 48.6 Å². The fraction of sp³-hybridized carbons (Fsp3) is 0.859. The molecule has 0 bridgehead atoms. The van der Waals surface area contributed by atoms with E-state index in [4.69, 9.17) is 9.47 Å². The molecule has 1 fully saturated rings. The number of amides is 1. The summed E-state index contributed by atoms with van der Waals surface area (Å²) in [5.41, 5.74) is 0. The number of carbonyl (C=O) groups excluding carboxylic acids is 1. The molecular formula is C64H119NO8. The number of unbranched alkanes of at least 4 members (excludes halogenated alkanes) is 38. The molecule has 9 heteroatoms. The third-order valence-corrected chi connectivity index (χ3v) is 14.9. The van der Waals surface area contributed by atoms with E-state index in [0.29, 0.717) is 6.42 Å². The van der Waals surface area contributed by atoms with Gasteiger partial charge in [0.05, 0.1) is 25.4 Å². The van der Waals surface area contributed by atoms with E-state index < -0.39 is 49.5 Å². The lowest BCUT2D eigenvalue weighted by molar-refractivity contribution is -0.302. The number of ether oxygens (including phenoxy) is 2. The summed E-state index contributed by atoms with van der Waals surface area (Å²) < 4.78 is 11.3. The van der Waals surface area contributed by atoms with Crippen molar-refractivity contribution in [3.63, 3.8) is 0 Å². The second-order valence-electron chi connectivity index (χ2n) is 21.8. The molecule has 0 aromatic rings. The van der Waals surface area contributed by atoms with Crippen LogP contribution in [0.3, 0.4) is 0 Å². The molecule has 1 heterocycles. The van der Waals surface area contributed by atoms with E-state index in [2.05, 4.69) is 55.6 Å². The van der Waals surface area contributed by atoms with E-state index in [1.165, 1.54) is 231 Å². The van der Waals surface area contributed by atoms with Gasteiger partial charge in [0, 0.05) is 6.42 Å². The van der Waals surface area contributed by atoms with Crippen molar-refractivity contribution in [2.24, 2.45) is 0 Å². The van der Waals surface area contributed by atoms with E-state index in [-0.39, 0.29) is 12.5 Å². The molecule has 73 heavy (non-hydrogen) atoms. The minimum atomic E-state index is -1.57. The average Bonchev–Trinajstić information content (AvgIpc) is 3.39. The molecule has 0 aromatic heterocycles. The van der Waals surface area contributed by atoms with Crippen LogP contribution in [0.25, 0.3) is 0 Å². The van der Waals surface area contributed by atoms with Crippen LogP contribution in [-0.4, -0.2) is 87.5 Å². The largest absolute Gasteiger partial charge is 0.394 e. The second kappa shape index (κ2) is 53.5. The Kier molecular flexibility index (Phi) is 50.7. The summed E-state index contributed by atoms with van der Waals surface area (Å²) in [5.74, 6) is -0.185. The van der Waals surface area contributed by atoms with Crippen LogP contribution < -0.4 is 5.32 Å². The number of hydrogen-bond acceptors (Lipinski definition) is 8. The van der Waals surface area contributed by atoms with Gasteiger partial charge in [-0.05, 0) is 64.2 Å². The van der Waals surface area contributed by atoms with Gasteiger partial charge in [-0.1, -0.05) is 274 Å². The first-order valence-electron chi connectivity index (χ1n) is 31.4. The Morgan fingerprint density at radius 2 is 0.822 bits per heavy atom. The summed E-state index contributed by atoms with van der Waals surface area (Å²) in [6.07, 6.45) is 64.8. The summed E-state index contributed by atoms with van der Waals surface area (Å²) in [4.78, 5) is 13.1. The van der Waals surface area contributed by atoms with Crippen LogP contribution in [0.5, 0.6) is 0 Å². The number of aliphatic hydroxyl groups is 5. The van der Waals surface area contributed by atoms with Crippen LogP contribution >= 0.6 is 0 Å². The fourth-order valence-electron chi connectivity index (χ4n) is 9.91. The van der Waals surface area contributed by atoms with Gasteiger partial charge in [-0.25, -0.2) is 0 Å². The number of allylic oxidation sites excluding steroid dienone is 7. The molecule has 9 nitrogen and oxygen atoms in total. The molecule has 7 unspecified atom stereocenters. The van der Waals surface area contributed by atoms with Gasteiger partial charge in [-0.3, -0.25) is 4.79 Å². The van der Waals surface area contributed by atoms with Crippen LogP contribution in [-0.2, 0) is 14.3 Å². The molecule has 1 rings (SSSR count). The standard InChI is InChI=1S/C64H119NO8/c1-3-5-7-9-11-13-15-17-19-21-23-25-26-27-28-29-30-31-32-34-36-38-40-42-44-46-48-50-52-54-60(68)65-57(56-72-64-63(71)62(70)61(69)59(55-66)73-64)58(67)53-51-49-47-45-43-41-39-37-35-33-24-22-20-18-16-14-12-10-8-6-4-2/h23,25,27-28,43,45,51,53,57-59,61-64,66-67,69-71H,3-22,24,26,29-42,44,46-50,52,54-56H2,1-2H3,(H,65,68)/b25-23-,28-27-,45-43+,53-51+. The SMILES string of the molecule is CCCCCCCCCCC/C=C\C/C=C\CCCCCCCCCCCCCCCC(=O)NC(COC1OC(CO)C(O)C(O)C1O)C(O)/C=C/CC/C=C/CCCCCCCCCCCCCCCCC. The van der Waals surface area contributed by atoms with Crippen molar-refractivity contribution in [2.75, 3.05) is 13.2 Å². The molecule has 0 radical (unpaired) electrons. The number of nitrogens with one attached hydrogen (secondary N) is 1. The molecule has 0 spiro atoms. The molecule has 6 N–H and O–H groups in total. The van der Waals surface area contributed by atoms with Crippen molar-refractivity contribution in [2.45, 2.75) is 339 Å². The van der Waals surface area contributed by atoms with Gasteiger partial charge < -0.3 is 40.3 Å². The van der Waals surface area contributed by atoms with Crippen LogP contribution in [0.4, 0.5) is 0 Å². The summed E-state index contributed by atoms with van der Waals surface area (Å²) in [7, 11) is 0. The lowest BCUT2D eigenvalue weighted by Crippen LogP contribution is -2.60. The molecule has 7 atom stereocenters. The quantitative estimate of drug-likeness (QED) is 0.0261. The van der Waals surface area contributed by atoms with Crippen molar-refractivity contribution in [1.29, 1.82) is 0 Å². The van der Waals surface area contributed by atoms with E-state index in [0.717, 1.165) is 44.9 Å². The molecule has 0 saturated carbocycles. The Morgan fingerprint density at radius 3 is 1.23 bits per heavy atom. The molecule has 1 aliphatic rings. The number of aliphatic hydroxyl groups excluding tert-OH is 5. The summed E-state index contributed by atoms with van der Waals surface area (Å²) in [6, 6.07) is -0.824. The third kappa shape index (κ3) is 42.9. The normalized spacial score (nSPS) is 19.4. The van der Waals surface area contributed by atoms with Gasteiger partial charge in [0.1, 0.15) is 24.4 Å². The second-order valence-corrected chi connectivity index (χ2v) is 21.8. The van der Waals surface area contributed by atoms with Crippen LogP contribution in [0.2, 0.25) is 0 Å². The molecule has 1 saturated heterocycles. The molecule has 0 aromatic carbocycles. The molecule has 1 aliphatic heterocycles. The topological polar surface area (TPSA) is 149 Å². The Balaban J connectivity index is 2.20. The highest BCUT2D eigenvalue weighted by Gasteiger charge is 2.44. The zero-order valence-electron chi connectivity index (χ0n) is 47.6. The minimum absolute atomic E-state index is 0.185. The first-order valence-corrected chi connectivity index (χ1v) is 31.4. The fourth-order valence-corrected chi connectivity index (χ4v) is 9.91. The first-order chi connectivity index (χ1) is 35.8. The van der Waals surface area contributed by atoms with E-state index in [1.807, 2.05) is 6.08 Å². The monoisotopic (exact) mass is 1030 g/mol. The van der Waals surface area contributed by atoms with Crippen LogP contribution in [0, 0.1) is 0 Å². The minimum Gasteiger partial charge on any atom is -0.394 e. The molecule has 428 valence electrons. The molecule has 0 aliphatic carbocycles. The zero-order valence-corrected chi connectivity index (χ0v) is 47.6. The van der Waals surface area contributed by atoms with Crippen molar-refractivity contribution < 1.29 is 39.8 Å². The number of rotatable bonds is 54. The zero-order chi connectivity index (χ0) is 52.9. The maximum absolute atomic E-state index is 13.1. The molecule has 1 amide bonds. The van der Waals surface area contributed by atoms with Crippen LogP contribution in [0.1, 0.15) is 296 Å². The Hall–Kier alpha value is -1.85. The number of hydrogen-bond donors (Lipinski definition) is 6. The number of carbonyl (C=O) groups is 1. The van der Waals surface area contributed by atoms with Gasteiger partial charge in [0.15, 0.2) is 6.29 Å². The van der Waals surface area contributed by atoms with E-state index >= 15 is 0 Å². The van der Waals surface area contributed by atoms with Gasteiger partial charge in [0.25, 0.3) is 0 Å². The van der Waals surface area contributed by atoms with E-state index in [9.17, 15) is 30.3 Å². The first kappa shape index (κ1) is 69.2. The Bertz CT molecular complexity index is 1290. The van der Waals surface area contributed by atoms with Crippen molar-refractivity contribution >= 4 is 5.91 Å². The molecular weight excluding hydrogens is 911 g/mol. The third-order valence-electron chi connectivity index (χ3n) is 14.9. The van der Waals surface area contributed by atoms with Gasteiger partial charge >= 0.3 is 0 Å².